The lowest BCUT2D eigenvalue weighted by Gasteiger charge is -2.09. The van der Waals surface area contributed by atoms with E-state index in [0.29, 0.717) is 23.7 Å². The maximum Gasteiger partial charge on any atom is 0.232 e. The third-order valence-electron chi connectivity index (χ3n) is 3.04. The van der Waals surface area contributed by atoms with Crippen molar-refractivity contribution in [2.75, 3.05) is 15.8 Å². The van der Waals surface area contributed by atoms with Gasteiger partial charge in [-0.05, 0) is 48.4 Å². The topological polar surface area (TPSA) is 58.2 Å². The molecule has 0 atom stereocenters. The normalized spacial score (nSPS) is 11.2. The zero-order chi connectivity index (χ0) is 16.0. The predicted octanol–water partition coefficient (Wildman–Crippen LogP) is 4.10. The van der Waals surface area contributed by atoms with Crippen LogP contribution in [0.1, 0.15) is 18.9 Å². The van der Waals surface area contributed by atoms with Crippen molar-refractivity contribution in [2.24, 2.45) is 0 Å². The van der Waals surface area contributed by atoms with Gasteiger partial charge in [-0.25, -0.2) is 8.42 Å². The standard InChI is InChI=1S/C16H19ClN2O2S/c1-2-11-22(20,21)19-16-9-7-15(8-10-16)18-12-13-3-5-14(17)6-4-13/h3-10,18-19H,2,11-12H2,1H3. The Balaban J connectivity index is 1.93. The highest BCUT2D eigenvalue weighted by Crippen LogP contribution is 2.16. The first-order valence-corrected chi connectivity index (χ1v) is 9.10. The highest BCUT2D eigenvalue weighted by Gasteiger charge is 2.08. The molecule has 0 amide bonds. The molecule has 0 saturated carbocycles. The molecule has 6 heteroatoms. The fourth-order valence-electron chi connectivity index (χ4n) is 1.96. The molecule has 0 fully saturated rings. The molecule has 0 bridgehead atoms. The van der Waals surface area contributed by atoms with Gasteiger partial charge in [0.05, 0.1) is 5.75 Å². The fraction of sp³-hybridized carbons (Fsp3) is 0.250. The van der Waals surface area contributed by atoms with Crippen LogP contribution in [-0.4, -0.2) is 14.2 Å². The van der Waals surface area contributed by atoms with E-state index in [4.69, 9.17) is 11.6 Å². The van der Waals surface area contributed by atoms with Crippen LogP contribution in [0.4, 0.5) is 11.4 Å². The van der Waals surface area contributed by atoms with E-state index in [2.05, 4.69) is 10.0 Å². The summed E-state index contributed by atoms with van der Waals surface area (Å²) < 4.78 is 25.9. The van der Waals surface area contributed by atoms with Gasteiger partial charge in [-0.2, -0.15) is 0 Å². The van der Waals surface area contributed by atoms with Crippen molar-refractivity contribution in [2.45, 2.75) is 19.9 Å². The minimum atomic E-state index is -3.24. The van der Waals surface area contributed by atoms with Gasteiger partial charge in [-0.1, -0.05) is 30.7 Å². The van der Waals surface area contributed by atoms with Crippen LogP contribution in [0.15, 0.2) is 48.5 Å². The maximum atomic E-state index is 11.7. The first-order chi connectivity index (χ1) is 10.5. The van der Waals surface area contributed by atoms with E-state index in [9.17, 15) is 8.42 Å². The number of nitrogens with one attached hydrogen (secondary N) is 2. The highest BCUT2D eigenvalue weighted by molar-refractivity contribution is 7.92. The molecule has 118 valence electrons. The minimum Gasteiger partial charge on any atom is -0.381 e. The highest BCUT2D eigenvalue weighted by atomic mass is 35.5. The average Bonchev–Trinajstić information content (AvgIpc) is 2.48. The molecular formula is C16H19ClN2O2S. The van der Waals surface area contributed by atoms with Crippen molar-refractivity contribution in [3.8, 4) is 0 Å². The Morgan fingerprint density at radius 2 is 1.55 bits per heavy atom. The third-order valence-corrected chi connectivity index (χ3v) is 4.79. The molecular weight excluding hydrogens is 320 g/mol. The van der Waals surface area contributed by atoms with Crippen LogP contribution in [0.5, 0.6) is 0 Å². The average molecular weight is 339 g/mol. The number of hydrogen-bond donors (Lipinski definition) is 2. The summed E-state index contributed by atoms with van der Waals surface area (Å²) in [7, 11) is -3.24. The Bertz CT molecular complexity index is 698. The lowest BCUT2D eigenvalue weighted by Crippen LogP contribution is -2.15. The van der Waals surface area contributed by atoms with Gasteiger partial charge in [0.15, 0.2) is 0 Å². The molecule has 0 heterocycles. The summed E-state index contributed by atoms with van der Waals surface area (Å²) in [5.74, 6) is 0.129. The lowest BCUT2D eigenvalue weighted by atomic mass is 10.2. The fourth-order valence-corrected chi connectivity index (χ4v) is 3.22. The second-order valence-electron chi connectivity index (χ2n) is 4.98. The second-order valence-corrected chi connectivity index (χ2v) is 7.26. The Labute approximate surface area is 136 Å². The van der Waals surface area contributed by atoms with Crippen molar-refractivity contribution in [1.29, 1.82) is 0 Å². The molecule has 2 rings (SSSR count). The number of halogens is 1. The molecule has 0 saturated heterocycles. The van der Waals surface area contributed by atoms with Crippen LogP contribution >= 0.6 is 11.6 Å². The Morgan fingerprint density at radius 3 is 2.14 bits per heavy atom. The Kier molecular flexibility index (Phi) is 5.69. The van der Waals surface area contributed by atoms with Gasteiger partial charge in [0, 0.05) is 22.9 Å². The van der Waals surface area contributed by atoms with E-state index in [1.807, 2.05) is 43.3 Å². The van der Waals surface area contributed by atoms with Gasteiger partial charge in [0.2, 0.25) is 10.0 Å². The summed E-state index contributed by atoms with van der Waals surface area (Å²) >= 11 is 5.84. The molecule has 4 nitrogen and oxygen atoms in total. The minimum absolute atomic E-state index is 0.129. The first kappa shape index (κ1) is 16.6. The number of hydrogen-bond acceptors (Lipinski definition) is 3. The smallest absolute Gasteiger partial charge is 0.232 e. The van der Waals surface area contributed by atoms with Crippen molar-refractivity contribution < 1.29 is 8.42 Å². The van der Waals surface area contributed by atoms with Crippen LogP contribution in [-0.2, 0) is 16.6 Å². The van der Waals surface area contributed by atoms with Gasteiger partial charge < -0.3 is 5.32 Å². The summed E-state index contributed by atoms with van der Waals surface area (Å²) in [4.78, 5) is 0. The van der Waals surface area contributed by atoms with E-state index >= 15 is 0 Å². The summed E-state index contributed by atoms with van der Waals surface area (Å²) in [5.41, 5.74) is 2.62. The molecule has 0 aliphatic heterocycles. The molecule has 2 aromatic rings. The van der Waals surface area contributed by atoms with E-state index in [-0.39, 0.29) is 5.75 Å². The molecule has 0 radical (unpaired) electrons. The third kappa shape index (κ3) is 5.24. The van der Waals surface area contributed by atoms with Crippen molar-refractivity contribution in [1.82, 2.24) is 0 Å². The van der Waals surface area contributed by atoms with Crippen LogP contribution in [0, 0.1) is 0 Å². The zero-order valence-electron chi connectivity index (χ0n) is 12.3. The van der Waals surface area contributed by atoms with Crippen LogP contribution in [0.3, 0.4) is 0 Å². The first-order valence-electron chi connectivity index (χ1n) is 7.07. The molecule has 22 heavy (non-hydrogen) atoms. The number of anilines is 2. The largest absolute Gasteiger partial charge is 0.381 e. The quantitative estimate of drug-likeness (QED) is 0.799. The van der Waals surface area contributed by atoms with Crippen molar-refractivity contribution in [3.63, 3.8) is 0 Å². The summed E-state index contributed by atoms with van der Waals surface area (Å²) in [6, 6.07) is 14.8. The van der Waals surface area contributed by atoms with Crippen LogP contribution in [0.25, 0.3) is 0 Å². The Hall–Kier alpha value is -1.72. The summed E-state index contributed by atoms with van der Waals surface area (Å²) in [5, 5.41) is 3.99. The van der Waals surface area contributed by atoms with Gasteiger partial charge >= 0.3 is 0 Å². The summed E-state index contributed by atoms with van der Waals surface area (Å²) in [6.45, 7) is 2.51. The maximum absolute atomic E-state index is 11.7. The van der Waals surface area contributed by atoms with E-state index in [1.54, 1.807) is 12.1 Å². The molecule has 0 unspecified atom stereocenters. The number of rotatable bonds is 7. The van der Waals surface area contributed by atoms with Crippen molar-refractivity contribution in [3.05, 3.63) is 59.1 Å². The molecule has 0 aliphatic rings. The van der Waals surface area contributed by atoms with Crippen LogP contribution < -0.4 is 10.0 Å². The molecule has 2 aromatic carbocycles. The van der Waals surface area contributed by atoms with Gasteiger partial charge in [-0.3, -0.25) is 4.72 Å². The zero-order valence-corrected chi connectivity index (χ0v) is 13.9. The van der Waals surface area contributed by atoms with E-state index in [1.165, 1.54) is 0 Å². The number of sulfonamides is 1. The monoisotopic (exact) mass is 338 g/mol. The van der Waals surface area contributed by atoms with E-state index in [0.717, 1.165) is 11.3 Å². The molecule has 0 aliphatic carbocycles. The molecule has 2 N–H and O–H groups in total. The number of benzene rings is 2. The van der Waals surface area contributed by atoms with Gasteiger partial charge in [-0.15, -0.1) is 0 Å². The predicted molar refractivity (Wildman–Crippen MR) is 92.9 cm³/mol. The van der Waals surface area contributed by atoms with Crippen molar-refractivity contribution >= 4 is 33.0 Å². The lowest BCUT2D eigenvalue weighted by molar-refractivity contribution is 0.600. The molecule has 0 spiro atoms. The van der Waals surface area contributed by atoms with Gasteiger partial charge in [0.1, 0.15) is 0 Å². The molecule has 0 aromatic heterocycles. The van der Waals surface area contributed by atoms with Gasteiger partial charge in [0.25, 0.3) is 0 Å². The Morgan fingerprint density at radius 1 is 0.955 bits per heavy atom. The van der Waals surface area contributed by atoms with E-state index < -0.39 is 10.0 Å². The van der Waals surface area contributed by atoms with Crippen LogP contribution in [0.2, 0.25) is 5.02 Å². The summed E-state index contributed by atoms with van der Waals surface area (Å²) in [6.07, 6.45) is 0.593. The SMILES string of the molecule is CCCS(=O)(=O)Nc1ccc(NCc2ccc(Cl)cc2)cc1. The second kappa shape index (κ2) is 7.51.